The molecule has 0 fully saturated rings. The van der Waals surface area contributed by atoms with Gasteiger partial charge in [-0.1, -0.05) is 13.3 Å². The van der Waals surface area contributed by atoms with Crippen LogP contribution < -0.4 is 10.6 Å². The van der Waals surface area contributed by atoms with Crippen LogP contribution in [0.4, 0.5) is 10.8 Å². The zero-order valence-corrected chi connectivity index (χ0v) is 17.2. The van der Waals surface area contributed by atoms with Gasteiger partial charge in [0.2, 0.25) is 5.91 Å². The second kappa shape index (κ2) is 10.4. The number of carbonyl (C=O) groups excluding carboxylic acids is 3. The molecule has 2 heterocycles. The van der Waals surface area contributed by atoms with Gasteiger partial charge in [0, 0.05) is 11.1 Å². The minimum Gasteiger partial charge on any atom is -0.462 e. The lowest BCUT2D eigenvalue weighted by Gasteiger charge is -2.06. The molecule has 0 radical (unpaired) electrons. The van der Waals surface area contributed by atoms with Crippen LogP contribution in [0.3, 0.4) is 0 Å². The van der Waals surface area contributed by atoms with E-state index in [0.717, 1.165) is 12.8 Å². The lowest BCUT2D eigenvalue weighted by atomic mass is 10.2. The normalized spacial score (nSPS) is 10.4. The van der Waals surface area contributed by atoms with Crippen LogP contribution in [0.5, 0.6) is 0 Å². The number of unbranched alkanes of at least 4 members (excludes halogenated alkanes) is 1. The number of aromatic nitrogens is 1. The number of rotatable bonds is 9. The summed E-state index contributed by atoms with van der Waals surface area (Å²) in [5.41, 5.74) is 1.52. The quantitative estimate of drug-likeness (QED) is 0.392. The zero-order valence-electron chi connectivity index (χ0n) is 16.3. The first-order chi connectivity index (χ1) is 14.5. The van der Waals surface area contributed by atoms with Crippen LogP contribution in [0.2, 0.25) is 0 Å². The van der Waals surface area contributed by atoms with E-state index in [1.807, 2.05) is 6.92 Å². The fourth-order valence-corrected chi connectivity index (χ4v) is 3.17. The number of thiazole rings is 1. The highest BCUT2D eigenvalue weighted by Gasteiger charge is 2.13. The molecule has 9 heteroatoms. The van der Waals surface area contributed by atoms with Gasteiger partial charge in [-0.15, -0.1) is 11.3 Å². The van der Waals surface area contributed by atoms with Crippen LogP contribution in [0.25, 0.3) is 0 Å². The van der Waals surface area contributed by atoms with Crippen molar-refractivity contribution in [3.8, 4) is 0 Å². The highest BCUT2D eigenvalue weighted by Crippen LogP contribution is 2.18. The molecule has 0 saturated carbocycles. The van der Waals surface area contributed by atoms with Crippen molar-refractivity contribution in [3.63, 3.8) is 0 Å². The predicted molar refractivity (Wildman–Crippen MR) is 113 cm³/mol. The topological polar surface area (TPSA) is 111 Å². The van der Waals surface area contributed by atoms with E-state index in [4.69, 9.17) is 9.15 Å². The van der Waals surface area contributed by atoms with Gasteiger partial charge in [0.25, 0.3) is 5.91 Å². The molecule has 0 aliphatic carbocycles. The average Bonchev–Trinajstić information content (AvgIpc) is 3.41. The molecule has 2 aromatic heterocycles. The van der Waals surface area contributed by atoms with E-state index in [9.17, 15) is 14.4 Å². The number of ether oxygens (including phenoxy) is 1. The lowest BCUT2D eigenvalue weighted by molar-refractivity contribution is -0.115. The molecule has 0 atom stereocenters. The molecular formula is C21H21N3O5S. The van der Waals surface area contributed by atoms with Crippen molar-refractivity contribution < 1.29 is 23.5 Å². The maximum Gasteiger partial charge on any atom is 0.338 e. The predicted octanol–water partition coefficient (Wildman–Crippen LogP) is 4.13. The minimum atomic E-state index is -0.404. The molecule has 3 rings (SSSR count). The Balaban J connectivity index is 1.49. The summed E-state index contributed by atoms with van der Waals surface area (Å²) >= 11 is 1.22. The first kappa shape index (κ1) is 21.3. The lowest BCUT2D eigenvalue weighted by Crippen LogP contribution is -2.15. The van der Waals surface area contributed by atoms with E-state index in [-0.39, 0.29) is 24.1 Å². The highest BCUT2D eigenvalue weighted by molar-refractivity contribution is 7.14. The number of hydrogen-bond donors (Lipinski definition) is 2. The number of hydrogen-bond acceptors (Lipinski definition) is 7. The van der Waals surface area contributed by atoms with Crippen molar-refractivity contribution in [2.75, 3.05) is 17.2 Å². The monoisotopic (exact) mass is 427 g/mol. The number of amides is 2. The van der Waals surface area contributed by atoms with Crippen molar-refractivity contribution >= 4 is 39.9 Å². The van der Waals surface area contributed by atoms with Crippen LogP contribution in [0.15, 0.2) is 52.5 Å². The minimum absolute atomic E-state index is 0.0495. The van der Waals surface area contributed by atoms with Gasteiger partial charge in [0.1, 0.15) is 0 Å². The van der Waals surface area contributed by atoms with Gasteiger partial charge >= 0.3 is 5.97 Å². The van der Waals surface area contributed by atoms with E-state index in [0.29, 0.717) is 28.7 Å². The Labute approximate surface area is 177 Å². The molecule has 8 nitrogen and oxygen atoms in total. The Kier molecular flexibility index (Phi) is 7.34. The molecule has 2 N–H and O–H groups in total. The number of furan rings is 1. The summed E-state index contributed by atoms with van der Waals surface area (Å²) in [4.78, 5) is 40.3. The smallest absolute Gasteiger partial charge is 0.338 e. The van der Waals surface area contributed by atoms with Crippen LogP contribution in [0, 0.1) is 0 Å². The molecule has 2 amide bonds. The number of nitrogens with zero attached hydrogens (tertiary/aromatic N) is 1. The summed E-state index contributed by atoms with van der Waals surface area (Å²) < 4.78 is 10.2. The molecule has 1 aromatic carbocycles. The molecule has 3 aromatic rings. The van der Waals surface area contributed by atoms with Crippen molar-refractivity contribution in [1.82, 2.24) is 4.98 Å². The third kappa shape index (κ3) is 6.02. The van der Waals surface area contributed by atoms with Gasteiger partial charge in [0.05, 0.1) is 30.5 Å². The summed E-state index contributed by atoms with van der Waals surface area (Å²) in [7, 11) is 0. The van der Waals surface area contributed by atoms with Crippen LogP contribution in [-0.4, -0.2) is 29.4 Å². The van der Waals surface area contributed by atoms with Crippen molar-refractivity contribution in [1.29, 1.82) is 0 Å². The van der Waals surface area contributed by atoms with Crippen LogP contribution in [0.1, 0.15) is 46.4 Å². The number of anilines is 2. The fourth-order valence-electron chi connectivity index (χ4n) is 2.46. The maximum absolute atomic E-state index is 12.3. The Morgan fingerprint density at radius 2 is 1.93 bits per heavy atom. The first-order valence-electron chi connectivity index (χ1n) is 9.41. The standard InChI is InChI=1S/C21H21N3O5S/c1-2-3-10-29-20(27)14-6-8-15(9-7-14)22-18(25)12-16-13-30-21(23-16)24-19(26)17-5-4-11-28-17/h4-9,11,13H,2-3,10,12H2,1H3,(H,22,25)(H,23,24,26). The average molecular weight is 427 g/mol. The van der Waals surface area contributed by atoms with Gasteiger partial charge in [0.15, 0.2) is 10.9 Å². The SMILES string of the molecule is CCCCOC(=O)c1ccc(NC(=O)Cc2csc(NC(=O)c3ccco3)n2)cc1. The van der Waals surface area contributed by atoms with Gasteiger partial charge < -0.3 is 14.5 Å². The molecule has 0 aliphatic heterocycles. The third-order valence-corrected chi connectivity index (χ3v) is 4.80. The van der Waals surface area contributed by atoms with Crippen LogP contribution in [-0.2, 0) is 16.0 Å². The van der Waals surface area contributed by atoms with Crippen molar-refractivity contribution in [3.05, 3.63) is 65.1 Å². The third-order valence-electron chi connectivity index (χ3n) is 3.99. The first-order valence-corrected chi connectivity index (χ1v) is 10.3. The van der Waals surface area contributed by atoms with E-state index < -0.39 is 5.91 Å². The molecule has 0 saturated heterocycles. The Bertz CT molecular complexity index is 996. The van der Waals surface area contributed by atoms with Gasteiger partial charge in [-0.25, -0.2) is 9.78 Å². The summed E-state index contributed by atoms with van der Waals surface area (Å²) in [6, 6.07) is 9.67. The van der Waals surface area contributed by atoms with Crippen molar-refractivity contribution in [2.24, 2.45) is 0 Å². The Morgan fingerprint density at radius 3 is 2.63 bits per heavy atom. The molecular weight excluding hydrogens is 406 g/mol. The highest BCUT2D eigenvalue weighted by atomic mass is 32.1. The van der Waals surface area contributed by atoms with E-state index in [1.54, 1.807) is 41.8 Å². The molecule has 0 unspecified atom stereocenters. The molecule has 0 spiro atoms. The van der Waals surface area contributed by atoms with E-state index in [2.05, 4.69) is 15.6 Å². The van der Waals surface area contributed by atoms with E-state index in [1.165, 1.54) is 17.6 Å². The molecule has 156 valence electrons. The van der Waals surface area contributed by atoms with Gasteiger partial charge in [-0.05, 0) is 42.8 Å². The Morgan fingerprint density at radius 1 is 1.13 bits per heavy atom. The second-order valence-corrected chi connectivity index (χ2v) is 7.23. The number of esters is 1. The van der Waals surface area contributed by atoms with Crippen LogP contribution >= 0.6 is 11.3 Å². The summed E-state index contributed by atoms with van der Waals surface area (Å²) in [5.74, 6) is -0.865. The zero-order chi connectivity index (χ0) is 21.3. The summed E-state index contributed by atoms with van der Waals surface area (Å²) in [6.07, 6.45) is 3.24. The van der Waals surface area contributed by atoms with E-state index >= 15 is 0 Å². The second-order valence-electron chi connectivity index (χ2n) is 6.37. The Hall–Kier alpha value is -3.46. The fraction of sp³-hybridized carbons (Fsp3) is 0.238. The van der Waals surface area contributed by atoms with Crippen molar-refractivity contribution in [2.45, 2.75) is 26.2 Å². The number of carbonyl (C=O) groups is 3. The summed E-state index contributed by atoms with van der Waals surface area (Å²) in [6.45, 7) is 2.42. The molecule has 0 bridgehead atoms. The molecule has 30 heavy (non-hydrogen) atoms. The van der Waals surface area contributed by atoms with Gasteiger partial charge in [-0.2, -0.15) is 0 Å². The maximum atomic E-state index is 12.3. The number of benzene rings is 1. The largest absolute Gasteiger partial charge is 0.462 e. The van der Waals surface area contributed by atoms with Gasteiger partial charge in [-0.3, -0.25) is 14.9 Å². The number of nitrogens with one attached hydrogen (secondary N) is 2. The molecule has 0 aliphatic rings. The summed E-state index contributed by atoms with van der Waals surface area (Å²) in [5, 5.41) is 7.46.